The zero-order valence-electron chi connectivity index (χ0n) is 15.8. The Hall–Kier alpha value is -2.90. The number of hydrogen-bond acceptors (Lipinski definition) is 3. The summed E-state index contributed by atoms with van der Waals surface area (Å²) in [6, 6.07) is 14.1. The molecule has 2 aromatic carbocycles. The zero-order chi connectivity index (χ0) is 20.4. The zero-order valence-corrected chi connectivity index (χ0v) is 15.8. The van der Waals surface area contributed by atoms with Crippen LogP contribution < -0.4 is 20.1 Å². The van der Waals surface area contributed by atoms with Crippen molar-refractivity contribution in [3.8, 4) is 11.5 Å². The first-order chi connectivity index (χ1) is 13.4. The molecule has 0 aromatic heterocycles. The van der Waals surface area contributed by atoms with E-state index in [9.17, 15) is 13.2 Å². The van der Waals surface area contributed by atoms with Crippen LogP contribution in [0.5, 0.6) is 11.5 Å². The van der Waals surface area contributed by atoms with E-state index in [1.165, 1.54) is 12.1 Å². The molecule has 152 valence electrons. The molecule has 0 aliphatic carbocycles. The summed E-state index contributed by atoms with van der Waals surface area (Å²) in [6.07, 6.45) is -4.35. The van der Waals surface area contributed by atoms with E-state index >= 15 is 0 Å². The van der Waals surface area contributed by atoms with Crippen LogP contribution in [0.1, 0.15) is 18.1 Å². The van der Waals surface area contributed by atoms with Crippen LogP contribution in [0.15, 0.2) is 53.5 Å². The molecule has 2 rings (SSSR count). The van der Waals surface area contributed by atoms with Crippen LogP contribution in [-0.4, -0.2) is 32.4 Å². The molecule has 0 aliphatic rings. The first-order valence-electron chi connectivity index (χ1n) is 8.84. The Morgan fingerprint density at radius 2 is 1.75 bits per heavy atom. The number of aliphatic imine (C=N–C) groups is 1. The lowest BCUT2D eigenvalue weighted by Crippen LogP contribution is -2.36. The van der Waals surface area contributed by atoms with Crippen LogP contribution in [0.25, 0.3) is 0 Å². The van der Waals surface area contributed by atoms with Crippen LogP contribution in [0.4, 0.5) is 13.2 Å². The van der Waals surface area contributed by atoms with Gasteiger partial charge < -0.3 is 20.1 Å². The predicted octanol–water partition coefficient (Wildman–Crippen LogP) is 3.89. The third-order valence-corrected chi connectivity index (χ3v) is 3.73. The first-order valence-corrected chi connectivity index (χ1v) is 8.84. The Morgan fingerprint density at radius 3 is 2.39 bits per heavy atom. The highest BCUT2D eigenvalue weighted by Crippen LogP contribution is 2.19. The minimum Gasteiger partial charge on any atom is -0.496 e. The quantitative estimate of drug-likeness (QED) is 0.526. The fourth-order valence-electron chi connectivity index (χ4n) is 2.40. The molecule has 0 heterocycles. The lowest BCUT2D eigenvalue weighted by atomic mass is 10.2. The lowest BCUT2D eigenvalue weighted by Gasteiger charge is -2.13. The molecule has 5 nitrogen and oxygen atoms in total. The second-order valence-corrected chi connectivity index (χ2v) is 5.91. The van der Waals surface area contributed by atoms with Crippen molar-refractivity contribution in [3.63, 3.8) is 0 Å². The average molecular weight is 395 g/mol. The van der Waals surface area contributed by atoms with E-state index in [0.29, 0.717) is 25.6 Å². The van der Waals surface area contributed by atoms with E-state index in [4.69, 9.17) is 9.47 Å². The molecular weight excluding hydrogens is 371 g/mol. The summed E-state index contributed by atoms with van der Waals surface area (Å²) < 4.78 is 46.6. The van der Waals surface area contributed by atoms with Gasteiger partial charge in [0.1, 0.15) is 11.5 Å². The lowest BCUT2D eigenvalue weighted by molar-refractivity contribution is -0.153. The highest BCUT2D eigenvalue weighted by atomic mass is 19.4. The van der Waals surface area contributed by atoms with E-state index in [2.05, 4.69) is 15.6 Å². The molecule has 0 bridgehead atoms. The largest absolute Gasteiger partial charge is 0.496 e. The van der Waals surface area contributed by atoms with Crippen molar-refractivity contribution in [2.75, 3.05) is 20.3 Å². The number of benzene rings is 2. The van der Waals surface area contributed by atoms with Gasteiger partial charge in [-0.3, -0.25) is 0 Å². The third-order valence-electron chi connectivity index (χ3n) is 3.73. The third kappa shape index (κ3) is 7.38. The van der Waals surface area contributed by atoms with E-state index in [1.54, 1.807) is 19.2 Å². The van der Waals surface area contributed by atoms with Crippen LogP contribution in [0, 0.1) is 0 Å². The van der Waals surface area contributed by atoms with Crippen LogP contribution in [0.3, 0.4) is 0 Å². The molecule has 0 saturated carbocycles. The minimum absolute atomic E-state index is 0.172. The van der Waals surface area contributed by atoms with Gasteiger partial charge in [0.05, 0.1) is 13.7 Å². The van der Waals surface area contributed by atoms with Crippen LogP contribution >= 0.6 is 0 Å². The second kappa shape index (κ2) is 10.4. The smallest absolute Gasteiger partial charge is 0.422 e. The van der Waals surface area contributed by atoms with Gasteiger partial charge in [-0.25, -0.2) is 4.99 Å². The van der Waals surface area contributed by atoms with Crippen molar-refractivity contribution in [1.29, 1.82) is 0 Å². The minimum atomic E-state index is -4.35. The number of halogens is 3. The SMILES string of the molecule is CCNC(=NCc1ccc(OCC(F)(F)F)cc1)NCc1ccccc1OC. The molecule has 28 heavy (non-hydrogen) atoms. The first kappa shape index (κ1) is 21.4. The highest BCUT2D eigenvalue weighted by Gasteiger charge is 2.28. The van der Waals surface area contributed by atoms with Crippen LogP contribution in [-0.2, 0) is 13.1 Å². The molecule has 0 radical (unpaired) electrons. The predicted molar refractivity (Wildman–Crippen MR) is 103 cm³/mol. The van der Waals surface area contributed by atoms with Crippen molar-refractivity contribution < 1.29 is 22.6 Å². The molecular formula is C20H24F3N3O2. The summed E-state index contributed by atoms with van der Waals surface area (Å²) in [5, 5.41) is 6.40. The van der Waals surface area contributed by atoms with Gasteiger partial charge in [-0.15, -0.1) is 0 Å². The number of hydrogen-bond donors (Lipinski definition) is 2. The standard InChI is InChI=1S/C20H24F3N3O2/c1-3-24-19(26-13-16-6-4-5-7-18(16)27-2)25-12-15-8-10-17(11-9-15)28-14-20(21,22)23/h4-11H,3,12-14H2,1-2H3,(H2,24,25,26). The Kier molecular flexibility index (Phi) is 7.98. The Bertz CT molecular complexity index is 762. The van der Waals surface area contributed by atoms with Gasteiger partial charge in [0.2, 0.25) is 0 Å². The van der Waals surface area contributed by atoms with Gasteiger partial charge in [-0.05, 0) is 30.7 Å². The monoisotopic (exact) mass is 395 g/mol. The number of nitrogens with one attached hydrogen (secondary N) is 2. The summed E-state index contributed by atoms with van der Waals surface area (Å²) in [6.45, 7) is 2.28. The molecule has 0 atom stereocenters. The Labute approximate surface area is 162 Å². The van der Waals surface area contributed by atoms with Gasteiger partial charge >= 0.3 is 6.18 Å². The van der Waals surface area contributed by atoms with Crippen molar-refractivity contribution in [2.45, 2.75) is 26.2 Å². The van der Waals surface area contributed by atoms with Crippen molar-refractivity contribution >= 4 is 5.96 Å². The van der Waals surface area contributed by atoms with Gasteiger partial charge in [-0.1, -0.05) is 30.3 Å². The number of methoxy groups -OCH3 is 1. The molecule has 0 fully saturated rings. The topological polar surface area (TPSA) is 54.9 Å². The maximum Gasteiger partial charge on any atom is 0.422 e. The molecule has 0 amide bonds. The molecule has 0 aliphatic heterocycles. The van der Waals surface area contributed by atoms with Gasteiger partial charge in [0, 0.05) is 18.7 Å². The summed E-state index contributed by atoms with van der Waals surface area (Å²) >= 11 is 0. The average Bonchev–Trinajstić information content (AvgIpc) is 2.69. The van der Waals surface area contributed by atoms with Crippen molar-refractivity contribution in [3.05, 3.63) is 59.7 Å². The molecule has 0 saturated heterocycles. The summed E-state index contributed by atoms with van der Waals surface area (Å²) in [5.41, 5.74) is 1.86. The summed E-state index contributed by atoms with van der Waals surface area (Å²) in [4.78, 5) is 4.50. The van der Waals surface area contributed by atoms with E-state index in [0.717, 1.165) is 16.9 Å². The Balaban J connectivity index is 1.94. The normalized spacial score (nSPS) is 11.8. The number of para-hydroxylation sites is 1. The maximum absolute atomic E-state index is 12.2. The number of nitrogens with zero attached hydrogens (tertiary/aromatic N) is 1. The van der Waals surface area contributed by atoms with Crippen molar-refractivity contribution in [2.24, 2.45) is 4.99 Å². The molecule has 8 heteroatoms. The molecule has 2 N–H and O–H groups in total. The molecule has 0 unspecified atom stereocenters. The fourth-order valence-corrected chi connectivity index (χ4v) is 2.40. The van der Waals surface area contributed by atoms with E-state index in [-0.39, 0.29) is 5.75 Å². The fraction of sp³-hybridized carbons (Fsp3) is 0.350. The van der Waals surface area contributed by atoms with Crippen LogP contribution in [0.2, 0.25) is 0 Å². The Morgan fingerprint density at radius 1 is 1.04 bits per heavy atom. The molecule has 2 aromatic rings. The van der Waals surface area contributed by atoms with Gasteiger partial charge in [-0.2, -0.15) is 13.2 Å². The van der Waals surface area contributed by atoms with E-state index in [1.807, 2.05) is 31.2 Å². The number of rotatable bonds is 8. The van der Waals surface area contributed by atoms with Crippen molar-refractivity contribution in [1.82, 2.24) is 10.6 Å². The second-order valence-electron chi connectivity index (χ2n) is 5.91. The number of alkyl halides is 3. The summed E-state index contributed by atoms with van der Waals surface area (Å²) in [5.74, 6) is 1.59. The van der Waals surface area contributed by atoms with Gasteiger partial charge in [0.15, 0.2) is 12.6 Å². The number of guanidine groups is 1. The number of ether oxygens (including phenoxy) is 2. The summed E-state index contributed by atoms with van der Waals surface area (Å²) in [7, 11) is 1.63. The highest BCUT2D eigenvalue weighted by molar-refractivity contribution is 5.79. The maximum atomic E-state index is 12.2. The van der Waals surface area contributed by atoms with E-state index < -0.39 is 12.8 Å². The van der Waals surface area contributed by atoms with Gasteiger partial charge in [0.25, 0.3) is 0 Å². The molecule has 0 spiro atoms.